The number of likely N-dealkylation sites (N-methyl/N-ethyl adjacent to an activating group) is 1. The molecule has 0 spiro atoms. The number of hydrogen-bond acceptors (Lipinski definition) is 3. The molecular weight excluding hydrogens is 322 g/mol. The lowest BCUT2D eigenvalue weighted by Crippen LogP contribution is -2.38. The number of allylic oxidation sites excluding steroid dienone is 2. The molecule has 1 aromatic rings. The van der Waals surface area contributed by atoms with E-state index in [9.17, 15) is 4.79 Å². The third-order valence-corrected chi connectivity index (χ3v) is 4.24. The molecule has 0 unspecified atom stereocenters. The van der Waals surface area contributed by atoms with E-state index < -0.39 is 5.41 Å². The highest BCUT2D eigenvalue weighted by atomic mass is 35.5. The SMILES string of the molecule is C=CCC(CC=C)(C(=O)OCCN(CC)CC)c1ccccc1.Cl. The topological polar surface area (TPSA) is 29.5 Å². The number of hydrogen-bond donors (Lipinski definition) is 0. The largest absolute Gasteiger partial charge is 0.464 e. The number of rotatable bonds is 11. The Labute approximate surface area is 152 Å². The van der Waals surface area contributed by atoms with Gasteiger partial charge in [-0.05, 0) is 31.5 Å². The van der Waals surface area contributed by atoms with E-state index in [-0.39, 0.29) is 18.4 Å². The first-order chi connectivity index (χ1) is 11.1. The quantitative estimate of drug-likeness (QED) is 0.437. The lowest BCUT2D eigenvalue weighted by Gasteiger charge is -2.30. The van der Waals surface area contributed by atoms with Crippen LogP contribution >= 0.6 is 12.4 Å². The molecule has 0 bridgehead atoms. The van der Waals surface area contributed by atoms with Crippen molar-refractivity contribution < 1.29 is 9.53 Å². The van der Waals surface area contributed by atoms with Gasteiger partial charge in [-0.15, -0.1) is 25.6 Å². The third-order valence-electron chi connectivity index (χ3n) is 4.24. The van der Waals surface area contributed by atoms with Gasteiger partial charge in [-0.3, -0.25) is 4.79 Å². The van der Waals surface area contributed by atoms with Crippen LogP contribution in [0.1, 0.15) is 32.3 Å². The van der Waals surface area contributed by atoms with E-state index in [2.05, 4.69) is 31.9 Å². The summed E-state index contributed by atoms with van der Waals surface area (Å²) in [7, 11) is 0. The van der Waals surface area contributed by atoms with Gasteiger partial charge < -0.3 is 9.64 Å². The van der Waals surface area contributed by atoms with Crippen molar-refractivity contribution in [3.8, 4) is 0 Å². The number of benzene rings is 1. The molecule has 24 heavy (non-hydrogen) atoms. The second kappa shape index (κ2) is 11.9. The van der Waals surface area contributed by atoms with Crippen LogP contribution in [-0.4, -0.2) is 37.1 Å². The first-order valence-electron chi connectivity index (χ1n) is 8.31. The maximum Gasteiger partial charge on any atom is 0.317 e. The van der Waals surface area contributed by atoms with Crippen molar-refractivity contribution in [2.75, 3.05) is 26.2 Å². The Balaban J connectivity index is 0.00000529. The Hall–Kier alpha value is -1.58. The Kier molecular flexibility index (Phi) is 11.1. The van der Waals surface area contributed by atoms with Crippen LogP contribution in [-0.2, 0) is 14.9 Å². The average Bonchev–Trinajstić information content (AvgIpc) is 2.59. The van der Waals surface area contributed by atoms with Crippen LogP contribution in [0.2, 0.25) is 0 Å². The smallest absolute Gasteiger partial charge is 0.317 e. The Bertz CT molecular complexity index is 488. The molecule has 1 rings (SSSR count). The summed E-state index contributed by atoms with van der Waals surface area (Å²) in [4.78, 5) is 15.1. The molecule has 0 aliphatic carbocycles. The summed E-state index contributed by atoms with van der Waals surface area (Å²) in [5, 5.41) is 0. The van der Waals surface area contributed by atoms with Crippen molar-refractivity contribution in [1.29, 1.82) is 0 Å². The highest BCUT2D eigenvalue weighted by molar-refractivity contribution is 5.85. The maximum absolute atomic E-state index is 12.9. The van der Waals surface area contributed by atoms with Gasteiger partial charge in [0.25, 0.3) is 0 Å². The van der Waals surface area contributed by atoms with Gasteiger partial charge in [-0.1, -0.05) is 56.3 Å². The second-order valence-electron chi connectivity index (χ2n) is 5.60. The van der Waals surface area contributed by atoms with E-state index in [0.717, 1.165) is 25.2 Å². The van der Waals surface area contributed by atoms with Crippen LogP contribution in [0.25, 0.3) is 0 Å². The van der Waals surface area contributed by atoms with E-state index in [1.165, 1.54) is 0 Å². The molecule has 134 valence electrons. The van der Waals surface area contributed by atoms with Crippen LogP contribution in [0.5, 0.6) is 0 Å². The van der Waals surface area contributed by atoms with E-state index in [0.29, 0.717) is 19.4 Å². The number of ether oxygens (including phenoxy) is 1. The minimum atomic E-state index is -0.728. The fourth-order valence-electron chi connectivity index (χ4n) is 2.80. The summed E-state index contributed by atoms with van der Waals surface area (Å²) in [5.41, 5.74) is 0.223. The van der Waals surface area contributed by atoms with Crippen LogP contribution < -0.4 is 0 Å². The fraction of sp³-hybridized carbons (Fsp3) is 0.450. The Morgan fingerprint density at radius 3 is 2.12 bits per heavy atom. The molecule has 0 atom stereocenters. The van der Waals surface area contributed by atoms with Gasteiger partial charge >= 0.3 is 5.97 Å². The molecule has 0 aliphatic heterocycles. The molecule has 1 aromatic carbocycles. The zero-order valence-electron chi connectivity index (χ0n) is 14.9. The Morgan fingerprint density at radius 1 is 1.12 bits per heavy atom. The van der Waals surface area contributed by atoms with Gasteiger partial charge in [0.05, 0.1) is 5.41 Å². The highest BCUT2D eigenvalue weighted by Gasteiger charge is 2.39. The second-order valence-corrected chi connectivity index (χ2v) is 5.60. The summed E-state index contributed by atoms with van der Waals surface area (Å²) in [5.74, 6) is -0.198. The molecule has 0 amide bonds. The molecular formula is C20H30ClNO2. The number of halogens is 1. The number of esters is 1. The molecule has 0 radical (unpaired) electrons. The van der Waals surface area contributed by atoms with Gasteiger partial charge in [0.1, 0.15) is 6.61 Å². The van der Waals surface area contributed by atoms with Crippen LogP contribution in [0.15, 0.2) is 55.6 Å². The van der Waals surface area contributed by atoms with Gasteiger partial charge in [0.2, 0.25) is 0 Å². The molecule has 4 heteroatoms. The zero-order valence-corrected chi connectivity index (χ0v) is 15.7. The minimum Gasteiger partial charge on any atom is -0.464 e. The fourth-order valence-corrected chi connectivity index (χ4v) is 2.80. The maximum atomic E-state index is 12.9. The molecule has 0 saturated heterocycles. The van der Waals surface area contributed by atoms with E-state index in [1.54, 1.807) is 12.2 Å². The Morgan fingerprint density at radius 2 is 1.67 bits per heavy atom. The van der Waals surface area contributed by atoms with Crippen molar-refractivity contribution in [3.05, 3.63) is 61.2 Å². The predicted octanol–water partition coefficient (Wildman–Crippen LogP) is 4.38. The van der Waals surface area contributed by atoms with Gasteiger partial charge in [0, 0.05) is 6.54 Å². The monoisotopic (exact) mass is 351 g/mol. The normalized spacial score (nSPS) is 10.8. The molecule has 0 saturated carbocycles. The lowest BCUT2D eigenvalue weighted by atomic mass is 9.75. The lowest BCUT2D eigenvalue weighted by molar-refractivity contribution is -0.151. The molecule has 0 N–H and O–H groups in total. The molecule has 0 aromatic heterocycles. The van der Waals surface area contributed by atoms with Crippen molar-refractivity contribution >= 4 is 18.4 Å². The van der Waals surface area contributed by atoms with Crippen molar-refractivity contribution in [2.45, 2.75) is 32.1 Å². The molecule has 3 nitrogen and oxygen atoms in total. The van der Waals surface area contributed by atoms with Crippen molar-refractivity contribution in [1.82, 2.24) is 4.90 Å². The standard InChI is InChI=1S/C20H29NO2.ClH/c1-5-14-20(15-6-2,18-12-10-9-11-13-18)19(22)23-17-16-21(7-3)8-4;/h5-6,9-13H,1-2,7-8,14-17H2,3-4H3;1H. The first kappa shape index (κ1) is 22.4. The summed E-state index contributed by atoms with van der Waals surface area (Å²) >= 11 is 0. The molecule has 0 aliphatic rings. The van der Waals surface area contributed by atoms with Crippen molar-refractivity contribution in [3.63, 3.8) is 0 Å². The van der Waals surface area contributed by atoms with E-state index >= 15 is 0 Å². The van der Waals surface area contributed by atoms with Crippen LogP contribution in [0, 0.1) is 0 Å². The highest BCUT2D eigenvalue weighted by Crippen LogP contribution is 2.34. The number of carbonyl (C=O) groups is 1. The first-order valence-corrected chi connectivity index (χ1v) is 8.31. The molecule has 0 fully saturated rings. The van der Waals surface area contributed by atoms with Crippen LogP contribution in [0.4, 0.5) is 0 Å². The van der Waals surface area contributed by atoms with Gasteiger partial charge in [-0.2, -0.15) is 0 Å². The summed E-state index contributed by atoms with van der Waals surface area (Å²) in [6.45, 7) is 14.9. The van der Waals surface area contributed by atoms with Crippen LogP contribution in [0.3, 0.4) is 0 Å². The summed E-state index contributed by atoms with van der Waals surface area (Å²) in [6.07, 6.45) is 4.63. The van der Waals surface area contributed by atoms with E-state index in [1.807, 2.05) is 30.3 Å². The predicted molar refractivity (Wildman–Crippen MR) is 104 cm³/mol. The molecule has 0 heterocycles. The number of carbonyl (C=O) groups excluding carboxylic acids is 1. The summed E-state index contributed by atoms with van der Waals surface area (Å²) < 4.78 is 5.63. The number of nitrogens with zero attached hydrogens (tertiary/aromatic N) is 1. The van der Waals surface area contributed by atoms with E-state index in [4.69, 9.17) is 4.74 Å². The van der Waals surface area contributed by atoms with Gasteiger partial charge in [0.15, 0.2) is 0 Å². The zero-order chi connectivity index (χ0) is 17.1. The minimum absolute atomic E-state index is 0. The summed E-state index contributed by atoms with van der Waals surface area (Å²) in [6, 6.07) is 9.78. The average molecular weight is 352 g/mol. The van der Waals surface area contributed by atoms with Crippen molar-refractivity contribution in [2.24, 2.45) is 0 Å². The third kappa shape index (κ3) is 5.81. The van der Waals surface area contributed by atoms with Gasteiger partial charge in [-0.25, -0.2) is 0 Å².